The van der Waals surface area contributed by atoms with Crippen molar-refractivity contribution in [3.63, 3.8) is 0 Å². The third-order valence-corrected chi connectivity index (χ3v) is 5.72. The minimum absolute atomic E-state index is 0.215. The first-order chi connectivity index (χ1) is 9.54. The summed E-state index contributed by atoms with van der Waals surface area (Å²) in [6.07, 6.45) is 3.75. The molecule has 1 aromatic heterocycles. The van der Waals surface area contributed by atoms with Gasteiger partial charge in [0, 0.05) is 37.6 Å². The van der Waals surface area contributed by atoms with E-state index in [2.05, 4.69) is 5.32 Å². The minimum atomic E-state index is -3.34. The molecule has 1 aliphatic rings. The number of sulfonamides is 1. The molecule has 5 nitrogen and oxygen atoms in total. The summed E-state index contributed by atoms with van der Waals surface area (Å²) in [4.78, 5) is 0.431. The summed E-state index contributed by atoms with van der Waals surface area (Å²) in [6.45, 7) is 8.90. The van der Waals surface area contributed by atoms with Crippen molar-refractivity contribution in [2.24, 2.45) is 0 Å². The Balaban J connectivity index is 2.29. The largest absolute Gasteiger partial charge is 0.349 e. The van der Waals surface area contributed by atoms with Crippen molar-refractivity contribution in [1.29, 1.82) is 0 Å². The molecule has 0 atom stereocenters. The van der Waals surface area contributed by atoms with E-state index in [-0.39, 0.29) is 6.04 Å². The monoisotopic (exact) mass is 299 g/mol. The third-order valence-electron chi connectivity index (χ3n) is 3.73. The van der Waals surface area contributed by atoms with Crippen LogP contribution in [0.5, 0.6) is 0 Å². The molecule has 1 saturated carbocycles. The smallest absolute Gasteiger partial charge is 0.244 e. The molecule has 1 fully saturated rings. The Hall–Kier alpha value is -0.850. The highest BCUT2D eigenvalue weighted by molar-refractivity contribution is 7.89. The molecule has 0 unspecified atom stereocenters. The summed E-state index contributed by atoms with van der Waals surface area (Å²) in [5.41, 5.74) is 1.03. The molecule has 6 heteroatoms. The number of hydrogen-bond acceptors (Lipinski definition) is 3. The molecule has 0 bridgehead atoms. The zero-order chi connectivity index (χ0) is 14.8. The fourth-order valence-corrected chi connectivity index (χ4v) is 4.24. The lowest BCUT2D eigenvalue weighted by Gasteiger charge is -2.18. The molecule has 20 heavy (non-hydrogen) atoms. The van der Waals surface area contributed by atoms with Gasteiger partial charge in [-0.3, -0.25) is 0 Å². The normalized spacial score (nSPS) is 16.0. The Morgan fingerprint density at radius 2 is 2.05 bits per heavy atom. The van der Waals surface area contributed by atoms with Crippen molar-refractivity contribution in [1.82, 2.24) is 14.2 Å². The highest BCUT2D eigenvalue weighted by Crippen LogP contribution is 2.32. The van der Waals surface area contributed by atoms with Crippen molar-refractivity contribution < 1.29 is 8.42 Å². The lowest BCUT2D eigenvalue weighted by molar-refractivity contribution is 0.421. The van der Waals surface area contributed by atoms with Gasteiger partial charge in [0.1, 0.15) is 4.90 Å². The summed E-state index contributed by atoms with van der Waals surface area (Å²) >= 11 is 0. The van der Waals surface area contributed by atoms with E-state index in [1.165, 1.54) is 0 Å². The Labute approximate surface area is 122 Å². The van der Waals surface area contributed by atoms with Crippen LogP contribution in [0.1, 0.15) is 39.3 Å². The van der Waals surface area contributed by atoms with Crippen LogP contribution >= 0.6 is 0 Å². The predicted octanol–water partition coefficient (Wildman–Crippen LogP) is 1.79. The van der Waals surface area contributed by atoms with Gasteiger partial charge in [-0.05, 0) is 32.4 Å². The van der Waals surface area contributed by atoms with Crippen LogP contribution < -0.4 is 5.32 Å². The molecule has 0 radical (unpaired) electrons. The zero-order valence-corrected chi connectivity index (χ0v) is 13.4. The van der Waals surface area contributed by atoms with Crippen LogP contribution in [0.3, 0.4) is 0 Å². The van der Waals surface area contributed by atoms with Crippen molar-refractivity contribution in [2.75, 3.05) is 13.1 Å². The summed E-state index contributed by atoms with van der Waals surface area (Å²) in [7, 11) is -3.34. The molecular weight excluding hydrogens is 274 g/mol. The van der Waals surface area contributed by atoms with E-state index in [0.717, 1.165) is 31.6 Å². The van der Waals surface area contributed by atoms with E-state index in [1.807, 2.05) is 31.4 Å². The van der Waals surface area contributed by atoms with Crippen molar-refractivity contribution in [3.05, 3.63) is 18.0 Å². The standard InChI is InChI=1S/C14H25N3O2S/c1-4-15-10-13-9-14(11-16(13)5-2)20(18,19)17(6-3)12-7-8-12/h9,11-12,15H,4-8,10H2,1-3H3. The van der Waals surface area contributed by atoms with Gasteiger partial charge < -0.3 is 9.88 Å². The maximum atomic E-state index is 12.7. The van der Waals surface area contributed by atoms with Gasteiger partial charge in [0.05, 0.1) is 0 Å². The average Bonchev–Trinajstić information content (AvgIpc) is 3.15. The molecule has 2 rings (SSSR count). The molecule has 0 aliphatic heterocycles. The van der Waals surface area contributed by atoms with Gasteiger partial charge in [-0.1, -0.05) is 13.8 Å². The summed E-state index contributed by atoms with van der Waals surface area (Å²) in [6, 6.07) is 2.03. The third kappa shape index (κ3) is 3.07. The summed E-state index contributed by atoms with van der Waals surface area (Å²) < 4.78 is 29.0. The number of nitrogens with zero attached hydrogens (tertiary/aromatic N) is 2. The molecule has 0 saturated heterocycles. The molecule has 1 aromatic rings. The fraction of sp³-hybridized carbons (Fsp3) is 0.714. The van der Waals surface area contributed by atoms with Gasteiger partial charge in [-0.15, -0.1) is 0 Å². The molecule has 114 valence electrons. The Kier molecular flexibility index (Phi) is 4.88. The highest BCUT2D eigenvalue weighted by atomic mass is 32.2. The SMILES string of the molecule is CCNCc1cc(S(=O)(=O)N(CC)C2CC2)cn1CC. The number of rotatable bonds is 8. The van der Waals surface area contributed by atoms with Gasteiger partial charge in [0.2, 0.25) is 10.0 Å². The summed E-state index contributed by atoms with van der Waals surface area (Å²) in [5, 5.41) is 3.25. The van der Waals surface area contributed by atoms with Crippen LogP contribution in [0.15, 0.2) is 17.2 Å². The van der Waals surface area contributed by atoms with Crippen molar-refractivity contribution in [2.45, 2.75) is 57.6 Å². The maximum absolute atomic E-state index is 12.7. The Bertz CT molecular complexity index is 547. The average molecular weight is 299 g/mol. The van der Waals surface area contributed by atoms with E-state index >= 15 is 0 Å². The Morgan fingerprint density at radius 1 is 1.35 bits per heavy atom. The van der Waals surface area contributed by atoms with Gasteiger partial charge in [0.25, 0.3) is 0 Å². The van der Waals surface area contributed by atoms with Gasteiger partial charge in [-0.2, -0.15) is 4.31 Å². The van der Waals surface area contributed by atoms with E-state index in [9.17, 15) is 8.42 Å². The maximum Gasteiger partial charge on any atom is 0.244 e. The molecule has 0 amide bonds. The number of nitrogens with one attached hydrogen (secondary N) is 1. The fourth-order valence-electron chi connectivity index (χ4n) is 2.48. The minimum Gasteiger partial charge on any atom is -0.349 e. The number of hydrogen-bond donors (Lipinski definition) is 1. The number of aryl methyl sites for hydroxylation is 1. The molecule has 1 aliphatic carbocycles. The van der Waals surface area contributed by atoms with E-state index in [4.69, 9.17) is 0 Å². The molecule has 0 spiro atoms. The topological polar surface area (TPSA) is 54.3 Å². The predicted molar refractivity (Wildman–Crippen MR) is 80.1 cm³/mol. The first kappa shape index (κ1) is 15.5. The summed E-state index contributed by atoms with van der Waals surface area (Å²) in [5.74, 6) is 0. The lowest BCUT2D eigenvalue weighted by atomic mass is 10.4. The lowest BCUT2D eigenvalue weighted by Crippen LogP contribution is -2.32. The van der Waals surface area contributed by atoms with E-state index < -0.39 is 10.0 Å². The molecule has 0 aromatic carbocycles. The van der Waals surface area contributed by atoms with Crippen LogP contribution in [0, 0.1) is 0 Å². The Morgan fingerprint density at radius 3 is 2.55 bits per heavy atom. The van der Waals surface area contributed by atoms with Crippen LogP contribution in [-0.2, 0) is 23.1 Å². The molecule has 1 N–H and O–H groups in total. The molecule has 1 heterocycles. The van der Waals surface area contributed by atoms with E-state index in [0.29, 0.717) is 18.0 Å². The van der Waals surface area contributed by atoms with Crippen LogP contribution in [0.2, 0.25) is 0 Å². The highest BCUT2D eigenvalue weighted by Gasteiger charge is 2.37. The second kappa shape index (κ2) is 6.28. The van der Waals surface area contributed by atoms with Gasteiger partial charge >= 0.3 is 0 Å². The zero-order valence-electron chi connectivity index (χ0n) is 12.6. The second-order valence-corrected chi connectivity index (χ2v) is 7.06. The van der Waals surface area contributed by atoms with E-state index in [1.54, 1.807) is 10.5 Å². The number of aromatic nitrogens is 1. The van der Waals surface area contributed by atoms with Crippen molar-refractivity contribution in [3.8, 4) is 0 Å². The van der Waals surface area contributed by atoms with Gasteiger partial charge in [-0.25, -0.2) is 8.42 Å². The first-order valence-corrected chi connectivity index (χ1v) is 8.90. The first-order valence-electron chi connectivity index (χ1n) is 7.46. The van der Waals surface area contributed by atoms with Crippen LogP contribution in [0.4, 0.5) is 0 Å². The second-order valence-electron chi connectivity index (χ2n) is 5.17. The van der Waals surface area contributed by atoms with Crippen molar-refractivity contribution >= 4 is 10.0 Å². The molecular formula is C14H25N3O2S. The van der Waals surface area contributed by atoms with Crippen LogP contribution in [-0.4, -0.2) is 36.4 Å². The van der Waals surface area contributed by atoms with Gasteiger partial charge in [0.15, 0.2) is 0 Å². The quantitative estimate of drug-likeness (QED) is 0.796. The van der Waals surface area contributed by atoms with Crippen LogP contribution in [0.25, 0.3) is 0 Å².